The SMILES string of the molecule is c1ccc2oc(N=Nc3cc4ccccc4o3)cc2c1. The van der Waals surface area contributed by atoms with Gasteiger partial charge in [0, 0.05) is 22.9 Å². The van der Waals surface area contributed by atoms with Gasteiger partial charge in [-0.3, -0.25) is 0 Å². The van der Waals surface area contributed by atoms with E-state index < -0.39 is 0 Å². The number of furan rings is 2. The summed E-state index contributed by atoms with van der Waals surface area (Å²) >= 11 is 0. The van der Waals surface area contributed by atoms with Crippen molar-refractivity contribution in [2.45, 2.75) is 0 Å². The lowest BCUT2D eigenvalue weighted by Gasteiger charge is -1.84. The minimum Gasteiger partial charge on any atom is -0.437 e. The summed E-state index contributed by atoms with van der Waals surface area (Å²) in [7, 11) is 0. The summed E-state index contributed by atoms with van der Waals surface area (Å²) in [5.74, 6) is 0.929. The van der Waals surface area contributed by atoms with Crippen molar-refractivity contribution < 1.29 is 8.83 Å². The molecule has 0 aliphatic carbocycles. The van der Waals surface area contributed by atoms with Gasteiger partial charge in [-0.2, -0.15) is 0 Å². The van der Waals surface area contributed by atoms with E-state index in [0.717, 1.165) is 21.9 Å². The number of para-hydroxylation sites is 2. The second-order valence-electron chi connectivity index (χ2n) is 4.44. The Hall–Kier alpha value is -2.88. The summed E-state index contributed by atoms with van der Waals surface area (Å²) in [6.45, 7) is 0. The number of benzene rings is 2. The molecule has 2 heterocycles. The molecule has 4 nitrogen and oxygen atoms in total. The van der Waals surface area contributed by atoms with E-state index in [0.29, 0.717) is 11.8 Å². The lowest BCUT2D eigenvalue weighted by Crippen LogP contribution is -1.57. The molecule has 2 aromatic carbocycles. The van der Waals surface area contributed by atoms with E-state index in [-0.39, 0.29) is 0 Å². The van der Waals surface area contributed by atoms with Crippen LogP contribution in [0.3, 0.4) is 0 Å². The van der Waals surface area contributed by atoms with Gasteiger partial charge in [-0.05, 0) is 12.1 Å². The Morgan fingerprint density at radius 1 is 0.600 bits per heavy atom. The Balaban J connectivity index is 1.70. The van der Waals surface area contributed by atoms with Crippen LogP contribution in [0, 0.1) is 0 Å². The first-order valence-electron chi connectivity index (χ1n) is 6.27. The van der Waals surface area contributed by atoms with Gasteiger partial charge in [0.2, 0.25) is 11.8 Å². The fraction of sp³-hybridized carbons (Fsp3) is 0. The zero-order valence-corrected chi connectivity index (χ0v) is 10.5. The highest BCUT2D eigenvalue weighted by Crippen LogP contribution is 2.29. The van der Waals surface area contributed by atoms with E-state index in [9.17, 15) is 0 Å². The van der Waals surface area contributed by atoms with Crippen LogP contribution in [-0.2, 0) is 0 Å². The maximum Gasteiger partial charge on any atom is 0.239 e. The van der Waals surface area contributed by atoms with Crippen LogP contribution >= 0.6 is 0 Å². The van der Waals surface area contributed by atoms with Crippen molar-refractivity contribution in [2.24, 2.45) is 10.2 Å². The van der Waals surface area contributed by atoms with E-state index in [4.69, 9.17) is 8.83 Å². The molecule has 0 spiro atoms. The van der Waals surface area contributed by atoms with Crippen molar-refractivity contribution in [3.05, 3.63) is 60.7 Å². The molecule has 0 bridgehead atoms. The van der Waals surface area contributed by atoms with Crippen LogP contribution in [0.15, 0.2) is 79.7 Å². The van der Waals surface area contributed by atoms with Crippen molar-refractivity contribution >= 4 is 33.7 Å². The summed E-state index contributed by atoms with van der Waals surface area (Å²) in [6.07, 6.45) is 0. The Labute approximate surface area is 114 Å². The lowest BCUT2D eigenvalue weighted by molar-refractivity contribution is 0.599. The molecule has 0 aliphatic heterocycles. The maximum absolute atomic E-state index is 5.56. The van der Waals surface area contributed by atoms with Crippen LogP contribution in [0.1, 0.15) is 0 Å². The number of nitrogens with zero attached hydrogens (tertiary/aromatic N) is 2. The van der Waals surface area contributed by atoms with Gasteiger partial charge in [-0.15, -0.1) is 10.2 Å². The molecule has 4 heteroatoms. The van der Waals surface area contributed by atoms with E-state index in [2.05, 4.69) is 10.2 Å². The highest BCUT2D eigenvalue weighted by atomic mass is 16.4. The molecule has 0 unspecified atom stereocenters. The van der Waals surface area contributed by atoms with E-state index in [1.165, 1.54) is 0 Å². The summed E-state index contributed by atoms with van der Waals surface area (Å²) in [5, 5.41) is 10.2. The predicted octanol–water partition coefficient (Wildman–Crippen LogP) is 5.59. The molecule has 0 amide bonds. The molecule has 4 aromatic rings. The largest absolute Gasteiger partial charge is 0.437 e. The monoisotopic (exact) mass is 262 g/mol. The first-order valence-corrected chi connectivity index (χ1v) is 6.27. The fourth-order valence-electron chi connectivity index (χ4n) is 2.13. The highest BCUT2D eigenvalue weighted by molar-refractivity contribution is 5.81. The summed E-state index contributed by atoms with van der Waals surface area (Å²) in [5.41, 5.74) is 1.59. The van der Waals surface area contributed by atoms with Crippen LogP contribution in [-0.4, -0.2) is 0 Å². The van der Waals surface area contributed by atoms with Gasteiger partial charge < -0.3 is 8.83 Å². The Morgan fingerprint density at radius 2 is 1.05 bits per heavy atom. The van der Waals surface area contributed by atoms with E-state index >= 15 is 0 Å². The van der Waals surface area contributed by atoms with Gasteiger partial charge in [0.1, 0.15) is 11.2 Å². The van der Waals surface area contributed by atoms with Crippen LogP contribution in [0.4, 0.5) is 11.8 Å². The second kappa shape index (κ2) is 4.35. The number of azo groups is 1. The van der Waals surface area contributed by atoms with Gasteiger partial charge in [-0.25, -0.2) is 0 Å². The minimum atomic E-state index is 0.464. The first-order chi connectivity index (χ1) is 9.88. The molecule has 4 rings (SSSR count). The number of hydrogen-bond acceptors (Lipinski definition) is 4. The molecule has 96 valence electrons. The number of hydrogen-bond donors (Lipinski definition) is 0. The van der Waals surface area contributed by atoms with Gasteiger partial charge in [0.25, 0.3) is 0 Å². The van der Waals surface area contributed by atoms with Gasteiger partial charge in [-0.1, -0.05) is 36.4 Å². The number of fused-ring (bicyclic) bond motifs is 2. The zero-order chi connectivity index (χ0) is 13.4. The van der Waals surface area contributed by atoms with E-state index in [1.54, 1.807) is 0 Å². The predicted molar refractivity (Wildman–Crippen MR) is 76.6 cm³/mol. The standard InChI is InChI=1S/C16H10N2O2/c1-3-7-13-11(5-1)9-15(19-13)17-18-16-10-12-6-2-4-8-14(12)20-16/h1-10H. The Bertz CT molecular complexity index is 776. The third kappa shape index (κ3) is 1.87. The summed E-state index contributed by atoms with van der Waals surface area (Å²) in [4.78, 5) is 0. The van der Waals surface area contributed by atoms with Crippen LogP contribution in [0.25, 0.3) is 21.9 Å². The summed E-state index contributed by atoms with van der Waals surface area (Å²) < 4.78 is 11.1. The van der Waals surface area contributed by atoms with Crippen molar-refractivity contribution in [2.75, 3.05) is 0 Å². The molecular formula is C16H10N2O2. The van der Waals surface area contributed by atoms with Crippen molar-refractivity contribution in [3.63, 3.8) is 0 Å². The van der Waals surface area contributed by atoms with Crippen molar-refractivity contribution in [1.82, 2.24) is 0 Å². The average Bonchev–Trinajstić information content (AvgIpc) is 3.07. The fourth-order valence-corrected chi connectivity index (χ4v) is 2.13. The van der Waals surface area contributed by atoms with Crippen LogP contribution in [0.2, 0.25) is 0 Å². The molecule has 0 N–H and O–H groups in total. The molecule has 20 heavy (non-hydrogen) atoms. The third-order valence-corrected chi connectivity index (χ3v) is 3.07. The van der Waals surface area contributed by atoms with Crippen molar-refractivity contribution in [3.8, 4) is 0 Å². The molecular weight excluding hydrogens is 252 g/mol. The lowest BCUT2D eigenvalue weighted by atomic mass is 10.3. The molecule has 0 aliphatic rings. The molecule has 0 saturated heterocycles. The molecule has 0 saturated carbocycles. The minimum absolute atomic E-state index is 0.464. The first kappa shape index (κ1) is 11.0. The second-order valence-corrected chi connectivity index (χ2v) is 4.44. The van der Waals surface area contributed by atoms with Crippen LogP contribution < -0.4 is 0 Å². The topological polar surface area (TPSA) is 51.0 Å². The molecule has 0 atom stereocenters. The summed E-state index contributed by atoms with van der Waals surface area (Å²) in [6, 6.07) is 19.2. The quantitative estimate of drug-likeness (QED) is 0.442. The molecule has 0 radical (unpaired) electrons. The molecule has 0 fully saturated rings. The normalized spacial score (nSPS) is 11.8. The molecule has 2 aromatic heterocycles. The van der Waals surface area contributed by atoms with Gasteiger partial charge in [0.15, 0.2) is 0 Å². The average molecular weight is 262 g/mol. The van der Waals surface area contributed by atoms with Crippen molar-refractivity contribution in [1.29, 1.82) is 0 Å². The number of rotatable bonds is 2. The highest BCUT2D eigenvalue weighted by Gasteiger charge is 2.03. The smallest absolute Gasteiger partial charge is 0.239 e. The van der Waals surface area contributed by atoms with Crippen LogP contribution in [0.5, 0.6) is 0 Å². The Kier molecular flexibility index (Phi) is 2.39. The van der Waals surface area contributed by atoms with Gasteiger partial charge >= 0.3 is 0 Å². The third-order valence-electron chi connectivity index (χ3n) is 3.07. The zero-order valence-electron chi connectivity index (χ0n) is 10.5. The van der Waals surface area contributed by atoms with E-state index in [1.807, 2.05) is 60.7 Å². The van der Waals surface area contributed by atoms with Gasteiger partial charge in [0.05, 0.1) is 0 Å². The maximum atomic E-state index is 5.56. The Morgan fingerprint density at radius 3 is 1.50 bits per heavy atom.